The molecule has 4 heteroatoms. The molecule has 0 aliphatic carbocycles. The van der Waals surface area contributed by atoms with Gasteiger partial charge in [-0.15, -0.1) is 5.54 Å². The summed E-state index contributed by atoms with van der Waals surface area (Å²) in [5, 5.41) is 9.87. The lowest BCUT2D eigenvalue weighted by Gasteiger charge is -2.16. The van der Waals surface area contributed by atoms with Gasteiger partial charge in [-0.25, -0.2) is 0 Å². The van der Waals surface area contributed by atoms with Crippen molar-refractivity contribution in [2.45, 2.75) is 45.4 Å². The van der Waals surface area contributed by atoms with Crippen molar-refractivity contribution in [1.29, 1.82) is 0 Å². The Kier molecular flexibility index (Phi) is 6.96. The molecule has 3 nitrogen and oxygen atoms in total. The monoisotopic (exact) mass is 292 g/mol. The van der Waals surface area contributed by atoms with Crippen LogP contribution in [0.5, 0.6) is 0 Å². The van der Waals surface area contributed by atoms with Gasteiger partial charge in [-0.3, -0.25) is 0 Å². The van der Waals surface area contributed by atoms with E-state index in [2.05, 4.69) is 31.1 Å². The average molecular weight is 292 g/mol. The fourth-order valence-corrected chi connectivity index (χ4v) is 1.97. The molecule has 0 aliphatic heterocycles. The fraction of sp³-hybridized carbons (Fsp3) is 0.500. The van der Waals surface area contributed by atoms with Crippen LogP contribution in [0.15, 0.2) is 30.3 Å². The van der Waals surface area contributed by atoms with Crippen molar-refractivity contribution < 1.29 is 14.6 Å². The standard InChI is InChI=1S/C16H24O3Si/c1-14(16(17)10-11-20(2,3)4)19-13-18-12-15-8-6-5-7-9-15/h5-9,14,16-17H,12-13H2,1-4H3/t14-,16?/m0/s1. The molecule has 1 aromatic carbocycles. The highest BCUT2D eigenvalue weighted by Gasteiger charge is 2.14. The Balaban J connectivity index is 2.25. The zero-order valence-corrected chi connectivity index (χ0v) is 13.7. The summed E-state index contributed by atoms with van der Waals surface area (Å²) in [7, 11) is -1.46. The number of rotatable bonds is 6. The molecule has 0 saturated heterocycles. The molecule has 0 aromatic heterocycles. The third-order valence-corrected chi connectivity index (χ3v) is 3.46. The van der Waals surface area contributed by atoms with E-state index in [0.717, 1.165) is 5.56 Å². The molecule has 0 heterocycles. The first kappa shape index (κ1) is 16.9. The van der Waals surface area contributed by atoms with Crippen LogP contribution in [0, 0.1) is 11.5 Å². The number of ether oxygens (including phenoxy) is 2. The molecule has 110 valence electrons. The molecule has 0 saturated carbocycles. The van der Waals surface area contributed by atoms with Gasteiger partial charge in [0.2, 0.25) is 0 Å². The van der Waals surface area contributed by atoms with E-state index >= 15 is 0 Å². The lowest BCUT2D eigenvalue weighted by atomic mass is 10.2. The van der Waals surface area contributed by atoms with E-state index in [4.69, 9.17) is 9.47 Å². The number of hydrogen-bond acceptors (Lipinski definition) is 3. The molecule has 20 heavy (non-hydrogen) atoms. The van der Waals surface area contributed by atoms with Crippen molar-refractivity contribution in [2.24, 2.45) is 0 Å². The molecular formula is C16H24O3Si. The number of benzene rings is 1. The van der Waals surface area contributed by atoms with Crippen LogP contribution in [0.2, 0.25) is 19.6 Å². The van der Waals surface area contributed by atoms with Crippen LogP contribution in [-0.4, -0.2) is 32.2 Å². The molecule has 0 spiro atoms. The van der Waals surface area contributed by atoms with Gasteiger partial charge in [-0.2, -0.15) is 0 Å². The molecule has 1 N–H and O–H groups in total. The van der Waals surface area contributed by atoms with Gasteiger partial charge in [0.05, 0.1) is 12.7 Å². The molecule has 1 unspecified atom stereocenters. The Morgan fingerprint density at radius 2 is 1.85 bits per heavy atom. The lowest BCUT2D eigenvalue weighted by Crippen LogP contribution is -2.27. The first-order valence-corrected chi connectivity index (χ1v) is 10.3. The van der Waals surface area contributed by atoms with Gasteiger partial charge >= 0.3 is 0 Å². The summed E-state index contributed by atoms with van der Waals surface area (Å²) in [4.78, 5) is 0. The van der Waals surface area contributed by atoms with E-state index in [1.807, 2.05) is 30.3 Å². The van der Waals surface area contributed by atoms with E-state index in [9.17, 15) is 5.11 Å². The number of aliphatic hydroxyl groups excluding tert-OH is 1. The summed E-state index contributed by atoms with van der Waals surface area (Å²) < 4.78 is 10.8. The summed E-state index contributed by atoms with van der Waals surface area (Å²) in [5.41, 5.74) is 4.24. The highest BCUT2D eigenvalue weighted by Crippen LogP contribution is 2.03. The maximum absolute atomic E-state index is 9.87. The van der Waals surface area contributed by atoms with Crippen molar-refractivity contribution in [2.75, 3.05) is 6.79 Å². The second-order valence-corrected chi connectivity index (χ2v) is 10.5. The first-order valence-electron chi connectivity index (χ1n) is 6.82. The predicted octanol–water partition coefficient (Wildman–Crippen LogP) is 2.81. The molecule has 0 amide bonds. The fourth-order valence-electron chi connectivity index (χ4n) is 1.39. The molecular weight excluding hydrogens is 268 g/mol. The maximum Gasteiger partial charge on any atom is 0.147 e. The largest absolute Gasteiger partial charge is 0.378 e. The van der Waals surface area contributed by atoms with Crippen LogP contribution in [0.4, 0.5) is 0 Å². The second kappa shape index (κ2) is 8.23. The molecule has 0 radical (unpaired) electrons. The predicted molar refractivity (Wildman–Crippen MR) is 83.8 cm³/mol. The Labute approximate surface area is 122 Å². The minimum absolute atomic E-state index is 0.155. The molecule has 0 bridgehead atoms. The van der Waals surface area contributed by atoms with Gasteiger partial charge in [0.1, 0.15) is 21.0 Å². The van der Waals surface area contributed by atoms with Crippen molar-refractivity contribution in [3.63, 3.8) is 0 Å². The Bertz CT molecular complexity index is 442. The molecule has 2 atom stereocenters. The minimum atomic E-state index is -1.46. The summed E-state index contributed by atoms with van der Waals surface area (Å²) >= 11 is 0. The summed E-state index contributed by atoms with van der Waals surface area (Å²) in [6.45, 7) is 8.88. The van der Waals surface area contributed by atoms with Crippen molar-refractivity contribution in [3.05, 3.63) is 35.9 Å². The van der Waals surface area contributed by atoms with Crippen LogP contribution in [0.3, 0.4) is 0 Å². The molecule has 0 fully saturated rings. The third-order valence-electron chi connectivity index (χ3n) is 2.57. The van der Waals surface area contributed by atoms with Crippen LogP contribution in [-0.2, 0) is 16.1 Å². The minimum Gasteiger partial charge on any atom is -0.378 e. The second-order valence-electron chi connectivity index (χ2n) is 5.79. The van der Waals surface area contributed by atoms with E-state index < -0.39 is 14.2 Å². The van der Waals surface area contributed by atoms with Crippen LogP contribution < -0.4 is 0 Å². The van der Waals surface area contributed by atoms with Crippen LogP contribution in [0.25, 0.3) is 0 Å². The number of hydrogen-bond donors (Lipinski definition) is 1. The van der Waals surface area contributed by atoms with Gasteiger partial charge in [0.25, 0.3) is 0 Å². The molecule has 1 aromatic rings. The summed E-state index contributed by atoms with van der Waals surface area (Å²) in [5.74, 6) is 2.87. The van der Waals surface area contributed by atoms with Crippen molar-refractivity contribution in [1.82, 2.24) is 0 Å². The van der Waals surface area contributed by atoms with Gasteiger partial charge in [0, 0.05) is 0 Å². The zero-order valence-electron chi connectivity index (χ0n) is 12.7. The first-order chi connectivity index (χ1) is 9.38. The zero-order chi connectivity index (χ0) is 15.0. The summed E-state index contributed by atoms with van der Waals surface area (Å²) in [6.07, 6.45) is -1.11. The Hall–Kier alpha value is -1.12. The lowest BCUT2D eigenvalue weighted by molar-refractivity contribution is -0.112. The van der Waals surface area contributed by atoms with Gasteiger partial charge in [0.15, 0.2) is 0 Å². The SMILES string of the molecule is C[C@H](OCOCc1ccccc1)C(O)C#C[Si](C)(C)C. The van der Waals surface area contributed by atoms with E-state index in [1.165, 1.54) is 0 Å². The van der Waals surface area contributed by atoms with E-state index in [0.29, 0.717) is 6.61 Å². The smallest absolute Gasteiger partial charge is 0.147 e. The van der Waals surface area contributed by atoms with Gasteiger partial charge < -0.3 is 14.6 Å². The molecule has 1 rings (SSSR count). The Morgan fingerprint density at radius 3 is 2.45 bits per heavy atom. The quantitative estimate of drug-likeness (QED) is 0.379. The van der Waals surface area contributed by atoms with E-state index in [-0.39, 0.29) is 12.9 Å². The summed E-state index contributed by atoms with van der Waals surface area (Å²) in [6, 6.07) is 9.90. The van der Waals surface area contributed by atoms with Crippen molar-refractivity contribution in [3.8, 4) is 11.5 Å². The van der Waals surface area contributed by atoms with Crippen LogP contribution >= 0.6 is 0 Å². The van der Waals surface area contributed by atoms with Gasteiger partial charge in [-0.1, -0.05) is 55.9 Å². The maximum atomic E-state index is 9.87. The molecule has 0 aliphatic rings. The topological polar surface area (TPSA) is 38.7 Å². The average Bonchev–Trinajstić information content (AvgIpc) is 2.41. The van der Waals surface area contributed by atoms with Crippen molar-refractivity contribution >= 4 is 8.07 Å². The highest BCUT2D eigenvalue weighted by atomic mass is 28.3. The van der Waals surface area contributed by atoms with Crippen LogP contribution in [0.1, 0.15) is 12.5 Å². The van der Waals surface area contributed by atoms with E-state index in [1.54, 1.807) is 6.92 Å². The normalized spacial score (nSPS) is 14.2. The third kappa shape index (κ3) is 7.46. The Morgan fingerprint density at radius 1 is 1.20 bits per heavy atom. The highest BCUT2D eigenvalue weighted by molar-refractivity contribution is 6.83. The number of aliphatic hydroxyl groups is 1. The van der Waals surface area contributed by atoms with Gasteiger partial charge in [-0.05, 0) is 12.5 Å².